The van der Waals surface area contributed by atoms with Gasteiger partial charge in [0.2, 0.25) is 0 Å². The normalized spacial score (nSPS) is 12.1. The van der Waals surface area contributed by atoms with Crippen molar-refractivity contribution in [1.82, 2.24) is 10.6 Å². The molecule has 0 radical (unpaired) electrons. The van der Waals surface area contributed by atoms with Gasteiger partial charge in [-0.05, 0) is 37.1 Å². The second kappa shape index (κ2) is 16.0. The minimum absolute atomic E-state index is 0. The summed E-state index contributed by atoms with van der Waals surface area (Å²) in [5.74, 6) is -1.76. The zero-order valence-electron chi connectivity index (χ0n) is 16.7. The molecule has 8 heteroatoms. The summed E-state index contributed by atoms with van der Waals surface area (Å²) in [5, 5.41) is 24.9. The number of carboxylic acid groups (broad SMARTS) is 2. The maximum absolute atomic E-state index is 11.4. The van der Waals surface area contributed by atoms with E-state index < -0.39 is 24.0 Å². The number of unbranched alkanes of at least 4 members (excludes halogenated alkanes) is 3. The molecule has 0 saturated heterocycles. The largest absolute Gasteiger partial charge is 0.480 e. The number of hydrogen-bond donors (Lipinski definition) is 4. The Balaban J connectivity index is 0.00000420. The third-order valence-electron chi connectivity index (χ3n) is 4.56. The molecule has 0 fully saturated rings. The summed E-state index contributed by atoms with van der Waals surface area (Å²) in [5.41, 5.74) is 1.50. The van der Waals surface area contributed by atoms with E-state index in [2.05, 4.69) is 10.6 Å². The second-order valence-electron chi connectivity index (χ2n) is 6.69. The van der Waals surface area contributed by atoms with Crippen molar-refractivity contribution in [2.45, 2.75) is 37.8 Å². The van der Waals surface area contributed by atoms with Gasteiger partial charge in [-0.1, -0.05) is 73.5 Å². The van der Waals surface area contributed by atoms with Crippen LogP contribution >= 0.6 is 34.0 Å². The first-order valence-corrected chi connectivity index (χ1v) is 9.62. The predicted octanol–water partition coefficient (Wildman–Crippen LogP) is 4.53. The lowest BCUT2D eigenvalue weighted by Crippen LogP contribution is -2.29. The van der Waals surface area contributed by atoms with Gasteiger partial charge in [0.25, 0.3) is 0 Å². The maximum atomic E-state index is 11.4. The molecule has 0 aliphatic rings. The summed E-state index contributed by atoms with van der Waals surface area (Å²) < 4.78 is 0. The lowest BCUT2D eigenvalue weighted by atomic mass is 10.1. The molecule has 0 aliphatic carbocycles. The first-order valence-electron chi connectivity index (χ1n) is 9.62. The van der Waals surface area contributed by atoms with Crippen molar-refractivity contribution in [2.75, 3.05) is 13.1 Å². The van der Waals surface area contributed by atoms with Gasteiger partial charge < -0.3 is 20.8 Å². The fraction of sp³-hybridized carbons (Fsp3) is 0.364. The first kappa shape index (κ1) is 28.3. The van der Waals surface area contributed by atoms with Crippen LogP contribution in [0.4, 0.5) is 0 Å². The molecule has 2 aromatic carbocycles. The molecular weight excluding hydrogens is 516 g/mol. The van der Waals surface area contributed by atoms with Crippen LogP contribution in [0.2, 0.25) is 0 Å². The van der Waals surface area contributed by atoms with Crippen LogP contribution in [-0.4, -0.2) is 35.2 Å². The third-order valence-corrected chi connectivity index (χ3v) is 4.56. The zero-order valence-corrected chi connectivity index (χ0v) is 20.1. The Hall–Kier alpha value is -1.74. The van der Waals surface area contributed by atoms with Crippen molar-refractivity contribution < 1.29 is 19.8 Å². The highest BCUT2D eigenvalue weighted by atomic mass is 79.9. The highest BCUT2D eigenvalue weighted by molar-refractivity contribution is 8.93. The van der Waals surface area contributed by atoms with Crippen molar-refractivity contribution in [3.63, 3.8) is 0 Å². The summed E-state index contributed by atoms with van der Waals surface area (Å²) in [6, 6.07) is 16.9. The van der Waals surface area contributed by atoms with E-state index in [1.807, 2.05) is 60.7 Å². The lowest BCUT2D eigenvalue weighted by molar-refractivity contribution is -0.140. The standard InChI is InChI=1S/C22H28N2O4.2BrH/c25-21(26)19(17-11-5-3-6-12-17)23-15-9-1-2-10-16-24-20(22(27)28)18-13-7-4-8-14-18;;/h3-8,11-14,19-20,23-24H,1-2,9-10,15-16H2,(H,25,26)(H,27,28);2*1H. The van der Waals surface area contributed by atoms with Gasteiger partial charge >= 0.3 is 11.9 Å². The van der Waals surface area contributed by atoms with Gasteiger partial charge in [-0.3, -0.25) is 9.59 Å². The highest BCUT2D eigenvalue weighted by Crippen LogP contribution is 2.14. The number of carboxylic acids is 2. The number of hydrogen-bond acceptors (Lipinski definition) is 4. The molecule has 0 spiro atoms. The number of aliphatic carboxylic acids is 2. The Morgan fingerprint density at radius 1 is 0.633 bits per heavy atom. The Morgan fingerprint density at radius 3 is 1.27 bits per heavy atom. The van der Waals surface area contributed by atoms with Crippen LogP contribution in [0, 0.1) is 0 Å². The highest BCUT2D eigenvalue weighted by Gasteiger charge is 2.19. The van der Waals surface area contributed by atoms with E-state index in [9.17, 15) is 19.8 Å². The molecule has 0 amide bonds. The Bertz CT molecular complexity index is 669. The van der Waals surface area contributed by atoms with Crippen molar-refractivity contribution in [1.29, 1.82) is 0 Å². The molecule has 0 aromatic heterocycles. The van der Waals surface area contributed by atoms with Crippen LogP contribution in [0.5, 0.6) is 0 Å². The molecule has 0 heterocycles. The smallest absolute Gasteiger partial charge is 0.325 e. The summed E-state index contributed by atoms with van der Waals surface area (Å²) in [6.45, 7) is 1.25. The van der Waals surface area contributed by atoms with E-state index in [4.69, 9.17) is 0 Å². The quantitative estimate of drug-likeness (QED) is 0.276. The number of nitrogens with one attached hydrogen (secondary N) is 2. The fourth-order valence-corrected chi connectivity index (χ4v) is 3.08. The van der Waals surface area contributed by atoms with Crippen LogP contribution < -0.4 is 10.6 Å². The summed E-state index contributed by atoms with van der Waals surface area (Å²) in [7, 11) is 0. The summed E-state index contributed by atoms with van der Waals surface area (Å²) in [6.07, 6.45) is 3.66. The van der Waals surface area contributed by atoms with E-state index in [1.165, 1.54) is 0 Å². The Kier molecular flexibility index (Phi) is 15.1. The van der Waals surface area contributed by atoms with Crippen LogP contribution in [0.15, 0.2) is 60.7 Å². The van der Waals surface area contributed by atoms with Crippen molar-refractivity contribution >= 4 is 45.9 Å². The van der Waals surface area contributed by atoms with Crippen molar-refractivity contribution in [3.05, 3.63) is 71.8 Å². The monoisotopic (exact) mass is 544 g/mol. The summed E-state index contributed by atoms with van der Waals surface area (Å²) in [4.78, 5) is 22.8. The lowest BCUT2D eigenvalue weighted by Gasteiger charge is -2.15. The first-order chi connectivity index (χ1) is 13.6. The molecule has 30 heavy (non-hydrogen) atoms. The summed E-state index contributed by atoms with van der Waals surface area (Å²) >= 11 is 0. The molecule has 2 aromatic rings. The van der Waals surface area contributed by atoms with Crippen LogP contribution in [0.25, 0.3) is 0 Å². The van der Waals surface area contributed by atoms with Crippen LogP contribution in [0.1, 0.15) is 48.9 Å². The molecule has 2 atom stereocenters. The fourth-order valence-electron chi connectivity index (χ4n) is 3.08. The Morgan fingerprint density at radius 2 is 0.967 bits per heavy atom. The average molecular weight is 546 g/mol. The molecule has 4 N–H and O–H groups in total. The number of rotatable bonds is 13. The molecule has 166 valence electrons. The van der Waals surface area contributed by atoms with Gasteiger partial charge in [0.1, 0.15) is 12.1 Å². The van der Waals surface area contributed by atoms with Crippen molar-refractivity contribution in [2.24, 2.45) is 0 Å². The Labute approximate surface area is 198 Å². The maximum Gasteiger partial charge on any atom is 0.325 e. The van der Waals surface area contributed by atoms with E-state index in [1.54, 1.807) is 0 Å². The SMILES string of the molecule is Br.Br.O=C(O)C(NCCCCCCNC(C(=O)O)c1ccccc1)c1ccccc1. The van der Waals surface area contributed by atoms with Gasteiger partial charge in [-0.2, -0.15) is 0 Å². The van der Waals surface area contributed by atoms with E-state index >= 15 is 0 Å². The van der Waals surface area contributed by atoms with E-state index in [-0.39, 0.29) is 34.0 Å². The van der Waals surface area contributed by atoms with Crippen LogP contribution in [0.3, 0.4) is 0 Å². The van der Waals surface area contributed by atoms with E-state index in [0.29, 0.717) is 13.1 Å². The van der Waals surface area contributed by atoms with Gasteiger partial charge in [0.15, 0.2) is 0 Å². The minimum atomic E-state index is -0.879. The van der Waals surface area contributed by atoms with Gasteiger partial charge in [-0.15, -0.1) is 34.0 Å². The van der Waals surface area contributed by atoms with Gasteiger partial charge in [0, 0.05) is 0 Å². The van der Waals surface area contributed by atoms with Gasteiger partial charge in [-0.25, -0.2) is 0 Å². The van der Waals surface area contributed by atoms with E-state index in [0.717, 1.165) is 36.8 Å². The molecule has 2 rings (SSSR count). The average Bonchev–Trinajstić information content (AvgIpc) is 2.70. The topological polar surface area (TPSA) is 98.7 Å². The van der Waals surface area contributed by atoms with Crippen LogP contribution in [-0.2, 0) is 9.59 Å². The molecule has 0 aliphatic heterocycles. The van der Waals surface area contributed by atoms with Gasteiger partial charge in [0.05, 0.1) is 0 Å². The third kappa shape index (κ3) is 9.84. The second-order valence-corrected chi connectivity index (χ2v) is 6.69. The molecule has 0 bridgehead atoms. The molecule has 6 nitrogen and oxygen atoms in total. The van der Waals surface area contributed by atoms with Crippen molar-refractivity contribution in [3.8, 4) is 0 Å². The molecular formula is C22H30Br2N2O4. The number of carbonyl (C=O) groups is 2. The number of halogens is 2. The zero-order chi connectivity index (χ0) is 20.2. The number of benzene rings is 2. The molecule has 2 unspecified atom stereocenters. The molecule has 0 saturated carbocycles. The minimum Gasteiger partial charge on any atom is -0.480 e. The predicted molar refractivity (Wildman–Crippen MR) is 129 cm³/mol.